The number of nitrogens with zero attached hydrogens (tertiary/aromatic N) is 2. The summed E-state index contributed by atoms with van der Waals surface area (Å²) in [6.45, 7) is 3.44. The molecule has 1 aromatic carbocycles. The number of hydrogen-bond donors (Lipinski definition) is 1. The number of aliphatic hydroxyl groups is 1. The molecule has 0 amide bonds. The Hall–Kier alpha value is -1.71. The number of aromatic nitrogens is 1. The molecule has 0 aliphatic heterocycles. The number of rotatable bonds is 5. The number of aliphatic hydroxyl groups excluding tert-OH is 1. The Morgan fingerprint density at radius 1 is 1.21 bits per heavy atom. The van der Waals surface area contributed by atoms with Crippen molar-refractivity contribution in [3.63, 3.8) is 0 Å². The molecule has 1 unspecified atom stereocenters. The molecule has 3 heteroatoms. The summed E-state index contributed by atoms with van der Waals surface area (Å²) < 4.78 is 0. The van der Waals surface area contributed by atoms with Crippen molar-refractivity contribution < 1.29 is 5.11 Å². The summed E-state index contributed by atoms with van der Waals surface area (Å²) in [6.07, 6.45) is 3.17. The van der Waals surface area contributed by atoms with Gasteiger partial charge in [0.1, 0.15) is 0 Å². The van der Waals surface area contributed by atoms with E-state index in [9.17, 15) is 5.11 Å². The van der Waals surface area contributed by atoms with Crippen LogP contribution in [0.2, 0.25) is 0 Å². The number of aryl methyl sites for hydroxylation is 1. The molecule has 0 aliphatic carbocycles. The van der Waals surface area contributed by atoms with Gasteiger partial charge in [0.05, 0.1) is 6.10 Å². The standard InChI is InChI=1S/C16H20N2O/c1-13-5-7-15(8-6-13)16(19)12-18(2)11-14-4-3-9-17-10-14/h3-10,16,19H,11-12H2,1-2H3. The van der Waals surface area contributed by atoms with E-state index in [1.807, 2.05) is 56.6 Å². The maximum atomic E-state index is 10.2. The third-order valence-electron chi connectivity index (χ3n) is 3.12. The van der Waals surface area contributed by atoms with Crippen LogP contribution in [0.3, 0.4) is 0 Å². The molecule has 2 rings (SSSR count). The molecule has 1 heterocycles. The third kappa shape index (κ3) is 4.16. The summed E-state index contributed by atoms with van der Waals surface area (Å²) in [5.41, 5.74) is 3.32. The fourth-order valence-corrected chi connectivity index (χ4v) is 2.06. The highest BCUT2D eigenvalue weighted by Crippen LogP contribution is 2.15. The third-order valence-corrected chi connectivity index (χ3v) is 3.12. The van der Waals surface area contributed by atoms with E-state index in [2.05, 4.69) is 9.88 Å². The summed E-state index contributed by atoms with van der Waals surface area (Å²) >= 11 is 0. The first kappa shape index (κ1) is 13.7. The lowest BCUT2D eigenvalue weighted by Crippen LogP contribution is -2.24. The Bertz CT molecular complexity index is 496. The SMILES string of the molecule is Cc1ccc(C(O)CN(C)Cc2cccnc2)cc1. The van der Waals surface area contributed by atoms with Gasteiger partial charge in [0.25, 0.3) is 0 Å². The van der Waals surface area contributed by atoms with Crippen molar-refractivity contribution in [3.8, 4) is 0 Å². The molecule has 0 bridgehead atoms. The summed E-state index contributed by atoms with van der Waals surface area (Å²) in [7, 11) is 2.00. The molecule has 0 fully saturated rings. The van der Waals surface area contributed by atoms with Crippen molar-refractivity contribution in [1.82, 2.24) is 9.88 Å². The number of benzene rings is 1. The van der Waals surface area contributed by atoms with Crippen LogP contribution in [0.15, 0.2) is 48.8 Å². The maximum absolute atomic E-state index is 10.2. The van der Waals surface area contributed by atoms with E-state index in [0.717, 1.165) is 17.7 Å². The zero-order chi connectivity index (χ0) is 13.7. The average Bonchev–Trinajstić information content (AvgIpc) is 2.40. The van der Waals surface area contributed by atoms with Crippen LogP contribution in [-0.4, -0.2) is 28.6 Å². The molecule has 1 atom stereocenters. The van der Waals surface area contributed by atoms with Crippen LogP contribution >= 0.6 is 0 Å². The molecule has 19 heavy (non-hydrogen) atoms. The number of likely N-dealkylation sites (N-methyl/N-ethyl adjacent to an activating group) is 1. The highest BCUT2D eigenvalue weighted by Gasteiger charge is 2.10. The molecule has 1 aromatic heterocycles. The van der Waals surface area contributed by atoms with Crippen LogP contribution in [0.25, 0.3) is 0 Å². The molecule has 0 radical (unpaired) electrons. The van der Waals surface area contributed by atoms with E-state index in [1.165, 1.54) is 5.56 Å². The highest BCUT2D eigenvalue weighted by atomic mass is 16.3. The van der Waals surface area contributed by atoms with Gasteiger partial charge in [-0.3, -0.25) is 9.88 Å². The lowest BCUT2D eigenvalue weighted by atomic mass is 10.1. The van der Waals surface area contributed by atoms with Gasteiger partial charge >= 0.3 is 0 Å². The van der Waals surface area contributed by atoms with E-state index < -0.39 is 6.10 Å². The summed E-state index contributed by atoms with van der Waals surface area (Å²) in [5.74, 6) is 0. The van der Waals surface area contributed by atoms with E-state index in [-0.39, 0.29) is 0 Å². The molecule has 0 saturated heterocycles. The zero-order valence-corrected chi connectivity index (χ0v) is 11.5. The van der Waals surface area contributed by atoms with Crippen LogP contribution in [0.5, 0.6) is 0 Å². The van der Waals surface area contributed by atoms with E-state index >= 15 is 0 Å². The minimum atomic E-state index is -0.456. The van der Waals surface area contributed by atoms with E-state index in [4.69, 9.17) is 0 Å². The van der Waals surface area contributed by atoms with Crippen LogP contribution in [0.1, 0.15) is 22.8 Å². The molecule has 0 spiro atoms. The Morgan fingerprint density at radius 2 is 1.95 bits per heavy atom. The van der Waals surface area contributed by atoms with Gasteiger partial charge < -0.3 is 5.11 Å². The largest absolute Gasteiger partial charge is 0.387 e. The second-order valence-electron chi connectivity index (χ2n) is 4.98. The lowest BCUT2D eigenvalue weighted by molar-refractivity contribution is 0.124. The van der Waals surface area contributed by atoms with Crippen molar-refractivity contribution in [2.75, 3.05) is 13.6 Å². The summed E-state index contributed by atoms with van der Waals surface area (Å²) in [5, 5.41) is 10.2. The van der Waals surface area contributed by atoms with Crippen molar-refractivity contribution in [2.24, 2.45) is 0 Å². The van der Waals surface area contributed by atoms with Gasteiger partial charge in [-0.25, -0.2) is 0 Å². The highest BCUT2D eigenvalue weighted by molar-refractivity contribution is 5.23. The Balaban J connectivity index is 1.91. The Morgan fingerprint density at radius 3 is 2.58 bits per heavy atom. The molecule has 2 aromatic rings. The first-order valence-corrected chi connectivity index (χ1v) is 6.47. The smallest absolute Gasteiger partial charge is 0.0916 e. The Labute approximate surface area is 114 Å². The molecule has 0 saturated carbocycles. The zero-order valence-electron chi connectivity index (χ0n) is 11.5. The molecule has 0 aliphatic rings. The quantitative estimate of drug-likeness (QED) is 0.893. The van der Waals surface area contributed by atoms with Crippen molar-refractivity contribution >= 4 is 0 Å². The normalized spacial score (nSPS) is 12.6. The van der Waals surface area contributed by atoms with Crippen LogP contribution in [0, 0.1) is 6.92 Å². The van der Waals surface area contributed by atoms with E-state index in [1.54, 1.807) is 6.20 Å². The predicted molar refractivity (Wildman–Crippen MR) is 76.7 cm³/mol. The van der Waals surface area contributed by atoms with E-state index in [0.29, 0.717) is 6.54 Å². The molecule has 1 N–H and O–H groups in total. The molecule has 3 nitrogen and oxygen atoms in total. The van der Waals surface area contributed by atoms with Gasteiger partial charge in [0.15, 0.2) is 0 Å². The topological polar surface area (TPSA) is 36.4 Å². The summed E-state index contributed by atoms with van der Waals surface area (Å²) in [6, 6.07) is 12.0. The monoisotopic (exact) mass is 256 g/mol. The van der Waals surface area contributed by atoms with Crippen molar-refractivity contribution in [2.45, 2.75) is 19.6 Å². The maximum Gasteiger partial charge on any atom is 0.0916 e. The fourth-order valence-electron chi connectivity index (χ4n) is 2.06. The lowest BCUT2D eigenvalue weighted by Gasteiger charge is -2.20. The van der Waals surface area contributed by atoms with Gasteiger partial charge in [-0.05, 0) is 31.2 Å². The second kappa shape index (κ2) is 6.45. The molecular formula is C16H20N2O. The number of pyridine rings is 1. The number of hydrogen-bond acceptors (Lipinski definition) is 3. The summed E-state index contributed by atoms with van der Waals surface area (Å²) in [4.78, 5) is 6.19. The molecular weight excluding hydrogens is 236 g/mol. The average molecular weight is 256 g/mol. The van der Waals surface area contributed by atoms with Gasteiger partial charge in [0, 0.05) is 25.5 Å². The molecule has 100 valence electrons. The van der Waals surface area contributed by atoms with Gasteiger partial charge in [0.2, 0.25) is 0 Å². The predicted octanol–water partition coefficient (Wildman–Crippen LogP) is 2.56. The minimum Gasteiger partial charge on any atom is -0.387 e. The van der Waals surface area contributed by atoms with Gasteiger partial charge in [-0.2, -0.15) is 0 Å². The Kier molecular flexibility index (Phi) is 4.66. The first-order chi connectivity index (χ1) is 9.15. The fraction of sp³-hybridized carbons (Fsp3) is 0.312. The van der Waals surface area contributed by atoms with Gasteiger partial charge in [-0.1, -0.05) is 35.9 Å². The van der Waals surface area contributed by atoms with Crippen molar-refractivity contribution in [3.05, 3.63) is 65.5 Å². The second-order valence-corrected chi connectivity index (χ2v) is 4.98. The minimum absolute atomic E-state index is 0.456. The van der Waals surface area contributed by atoms with Crippen molar-refractivity contribution in [1.29, 1.82) is 0 Å². The van der Waals surface area contributed by atoms with Crippen LogP contribution < -0.4 is 0 Å². The van der Waals surface area contributed by atoms with Crippen LogP contribution in [0.4, 0.5) is 0 Å². The van der Waals surface area contributed by atoms with Gasteiger partial charge in [-0.15, -0.1) is 0 Å². The van der Waals surface area contributed by atoms with Crippen LogP contribution in [-0.2, 0) is 6.54 Å². The first-order valence-electron chi connectivity index (χ1n) is 6.47.